The first-order valence-electron chi connectivity index (χ1n) is 5.72. The van der Waals surface area contributed by atoms with Crippen LogP contribution in [0, 0.1) is 23.2 Å². The summed E-state index contributed by atoms with van der Waals surface area (Å²) in [6, 6.07) is 0. The second-order valence-electron chi connectivity index (χ2n) is 5.27. The van der Waals surface area contributed by atoms with E-state index in [1.165, 1.54) is 0 Å². The lowest BCUT2D eigenvalue weighted by Gasteiger charge is -2.28. The number of carboxylic acids is 1. The van der Waals surface area contributed by atoms with Crippen molar-refractivity contribution in [3.63, 3.8) is 0 Å². The van der Waals surface area contributed by atoms with Crippen LogP contribution in [0.5, 0.6) is 0 Å². The zero-order valence-electron chi connectivity index (χ0n) is 9.42. The summed E-state index contributed by atoms with van der Waals surface area (Å²) < 4.78 is 0. The van der Waals surface area contributed by atoms with Crippen LogP contribution in [0.1, 0.15) is 13.3 Å². The summed E-state index contributed by atoms with van der Waals surface area (Å²) in [4.78, 5) is 36.0. The Kier molecular flexibility index (Phi) is 1.83. The lowest BCUT2D eigenvalue weighted by Crippen LogP contribution is -2.39. The Morgan fingerprint density at radius 1 is 1.53 bits per heavy atom. The molecule has 0 aromatic rings. The highest BCUT2D eigenvalue weighted by atomic mass is 16.4. The van der Waals surface area contributed by atoms with E-state index in [0.29, 0.717) is 0 Å². The van der Waals surface area contributed by atoms with E-state index in [1.54, 1.807) is 6.92 Å². The molecule has 0 radical (unpaired) electrons. The fourth-order valence-corrected chi connectivity index (χ4v) is 3.67. The third-order valence-electron chi connectivity index (χ3n) is 4.49. The SMILES string of the molecule is C[C@]12C(=O)N(CC(=O)O)C(=O)[C@@H]1[C@@H]1C=C[C@@H]2C1. The molecule has 2 fully saturated rings. The van der Waals surface area contributed by atoms with Crippen LogP contribution in [0.4, 0.5) is 0 Å². The summed E-state index contributed by atoms with van der Waals surface area (Å²) >= 11 is 0. The second-order valence-corrected chi connectivity index (χ2v) is 5.27. The molecule has 4 atom stereocenters. The van der Waals surface area contributed by atoms with Crippen molar-refractivity contribution in [2.45, 2.75) is 13.3 Å². The highest BCUT2D eigenvalue weighted by Crippen LogP contribution is 2.60. The molecule has 1 saturated carbocycles. The highest BCUT2D eigenvalue weighted by Gasteiger charge is 2.67. The maximum Gasteiger partial charge on any atom is 0.323 e. The maximum atomic E-state index is 12.3. The quantitative estimate of drug-likeness (QED) is 0.550. The Morgan fingerprint density at radius 2 is 2.24 bits per heavy atom. The molecular weight excluding hydrogens is 222 g/mol. The lowest BCUT2D eigenvalue weighted by molar-refractivity contribution is -0.150. The van der Waals surface area contributed by atoms with Crippen LogP contribution in [0.3, 0.4) is 0 Å². The molecule has 5 nitrogen and oxygen atoms in total. The lowest BCUT2D eigenvalue weighted by atomic mass is 9.71. The van der Waals surface area contributed by atoms with Gasteiger partial charge in [0.2, 0.25) is 11.8 Å². The minimum atomic E-state index is -1.14. The number of imide groups is 1. The van der Waals surface area contributed by atoms with Crippen molar-refractivity contribution in [1.82, 2.24) is 4.90 Å². The van der Waals surface area contributed by atoms with Crippen LogP contribution in [-0.4, -0.2) is 34.3 Å². The van der Waals surface area contributed by atoms with Gasteiger partial charge in [-0.05, 0) is 25.2 Å². The third-order valence-corrected chi connectivity index (χ3v) is 4.49. The smallest absolute Gasteiger partial charge is 0.323 e. The van der Waals surface area contributed by atoms with E-state index in [0.717, 1.165) is 11.3 Å². The average Bonchev–Trinajstić information content (AvgIpc) is 2.87. The molecule has 5 heteroatoms. The van der Waals surface area contributed by atoms with Gasteiger partial charge in [0.05, 0.1) is 11.3 Å². The molecular formula is C12H13NO4. The fourth-order valence-electron chi connectivity index (χ4n) is 3.67. The standard InChI is InChI=1S/C12H13NO4/c1-12-7-3-2-6(4-7)9(12)10(16)13(11(12)17)5-8(14)15/h2-3,6-7,9H,4-5H2,1H3,(H,14,15)/t6-,7-,9+,12-/m1/s1. The molecule has 2 aliphatic carbocycles. The van der Waals surface area contributed by atoms with Gasteiger partial charge in [0.1, 0.15) is 6.54 Å². The zero-order valence-corrected chi connectivity index (χ0v) is 9.42. The number of hydrogen-bond acceptors (Lipinski definition) is 3. The molecule has 17 heavy (non-hydrogen) atoms. The van der Waals surface area contributed by atoms with Gasteiger partial charge in [-0.3, -0.25) is 19.3 Å². The number of hydrogen-bond donors (Lipinski definition) is 1. The zero-order chi connectivity index (χ0) is 12.4. The molecule has 0 aromatic carbocycles. The molecule has 1 saturated heterocycles. The van der Waals surface area contributed by atoms with Gasteiger partial charge in [0, 0.05) is 0 Å². The van der Waals surface area contributed by atoms with Gasteiger partial charge in [0.15, 0.2) is 0 Å². The van der Waals surface area contributed by atoms with E-state index in [-0.39, 0.29) is 29.6 Å². The number of carboxylic acid groups (broad SMARTS) is 1. The Balaban J connectivity index is 2.00. The van der Waals surface area contributed by atoms with Crippen LogP contribution in [-0.2, 0) is 14.4 Å². The number of rotatable bonds is 2. The molecule has 90 valence electrons. The molecule has 1 N–H and O–H groups in total. The van der Waals surface area contributed by atoms with E-state index in [2.05, 4.69) is 0 Å². The van der Waals surface area contributed by atoms with E-state index in [9.17, 15) is 14.4 Å². The summed E-state index contributed by atoms with van der Waals surface area (Å²) in [6.07, 6.45) is 4.84. The molecule has 0 unspecified atom stereocenters. The van der Waals surface area contributed by atoms with Crippen LogP contribution in [0.15, 0.2) is 12.2 Å². The summed E-state index contributed by atoms with van der Waals surface area (Å²) in [5.41, 5.74) is -0.702. The van der Waals surface area contributed by atoms with Crippen molar-refractivity contribution < 1.29 is 19.5 Å². The van der Waals surface area contributed by atoms with Gasteiger partial charge in [-0.25, -0.2) is 0 Å². The van der Waals surface area contributed by atoms with E-state index >= 15 is 0 Å². The molecule has 1 aliphatic heterocycles. The molecule has 3 rings (SSSR count). The van der Waals surface area contributed by atoms with Gasteiger partial charge in [-0.2, -0.15) is 0 Å². The largest absolute Gasteiger partial charge is 0.480 e. The second kappa shape index (κ2) is 2.97. The van der Waals surface area contributed by atoms with E-state index < -0.39 is 17.9 Å². The topological polar surface area (TPSA) is 74.7 Å². The molecule has 3 aliphatic rings. The predicted octanol–water partition coefficient (Wildman–Crippen LogP) is 0.268. The fraction of sp³-hybridized carbons (Fsp3) is 0.583. The van der Waals surface area contributed by atoms with Crippen molar-refractivity contribution in [2.24, 2.45) is 23.2 Å². The number of carbonyl (C=O) groups is 3. The normalized spacial score (nSPS) is 42.4. The first-order chi connectivity index (χ1) is 7.96. The van der Waals surface area contributed by atoms with Crippen LogP contribution in [0.2, 0.25) is 0 Å². The summed E-state index contributed by atoms with van der Waals surface area (Å²) in [7, 11) is 0. The molecule has 1 heterocycles. The van der Waals surface area contributed by atoms with Gasteiger partial charge in [-0.1, -0.05) is 12.2 Å². The minimum absolute atomic E-state index is 0.0905. The Hall–Kier alpha value is -1.65. The minimum Gasteiger partial charge on any atom is -0.480 e. The highest BCUT2D eigenvalue weighted by molar-refractivity contribution is 6.10. The van der Waals surface area contributed by atoms with Crippen molar-refractivity contribution >= 4 is 17.8 Å². The van der Waals surface area contributed by atoms with Gasteiger partial charge >= 0.3 is 5.97 Å². The average molecular weight is 235 g/mol. The predicted molar refractivity (Wildman–Crippen MR) is 56.7 cm³/mol. The number of amides is 2. The Morgan fingerprint density at radius 3 is 2.82 bits per heavy atom. The van der Waals surface area contributed by atoms with Gasteiger partial charge in [-0.15, -0.1) is 0 Å². The number of aliphatic carboxylic acids is 1. The number of allylic oxidation sites excluding steroid dienone is 2. The number of carbonyl (C=O) groups excluding carboxylic acids is 2. The molecule has 2 amide bonds. The monoisotopic (exact) mass is 235 g/mol. The molecule has 0 spiro atoms. The van der Waals surface area contributed by atoms with Crippen molar-refractivity contribution in [1.29, 1.82) is 0 Å². The van der Waals surface area contributed by atoms with Crippen molar-refractivity contribution in [3.05, 3.63) is 12.2 Å². The van der Waals surface area contributed by atoms with Crippen LogP contribution >= 0.6 is 0 Å². The van der Waals surface area contributed by atoms with Crippen molar-refractivity contribution in [3.8, 4) is 0 Å². The van der Waals surface area contributed by atoms with E-state index in [1.807, 2.05) is 12.2 Å². The van der Waals surface area contributed by atoms with Crippen LogP contribution < -0.4 is 0 Å². The maximum absolute atomic E-state index is 12.3. The third kappa shape index (κ3) is 1.06. The van der Waals surface area contributed by atoms with E-state index in [4.69, 9.17) is 5.11 Å². The number of fused-ring (bicyclic) bond motifs is 5. The Bertz CT molecular complexity index is 469. The van der Waals surface area contributed by atoms with Gasteiger partial charge < -0.3 is 5.11 Å². The first kappa shape index (κ1) is 10.5. The molecule has 2 bridgehead atoms. The summed E-state index contributed by atoms with van der Waals surface area (Å²) in [5, 5.41) is 8.74. The van der Waals surface area contributed by atoms with Crippen molar-refractivity contribution in [2.75, 3.05) is 6.54 Å². The molecule has 0 aromatic heterocycles. The number of nitrogens with zero attached hydrogens (tertiary/aromatic N) is 1. The van der Waals surface area contributed by atoms with Crippen LogP contribution in [0.25, 0.3) is 0 Å². The van der Waals surface area contributed by atoms with Gasteiger partial charge in [0.25, 0.3) is 0 Å². The summed E-state index contributed by atoms with van der Waals surface area (Å²) in [5.74, 6) is -1.91. The number of likely N-dealkylation sites (tertiary alicyclic amines) is 1. The first-order valence-corrected chi connectivity index (χ1v) is 5.72. The Labute approximate surface area is 98.1 Å². The summed E-state index contributed by atoms with van der Waals surface area (Å²) in [6.45, 7) is 1.29.